The molecule has 0 spiro atoms. The molecule has 0 heterocycles. The predicted octanol–water partition coefficient (Wildman–Crippen LogP) is 3.73. The van der Waals surface area contributed by atoms with Gasteiger partial charge in [-0.05, 0) is 129 Å². The first-order chi connectivity index (χ1) is 22.6. The summed E-state index contributed by atoms with van der Waals surface area (Å²) in [5.74, 6) is -2.65. The number of likely N-dealkylation sites (N-methyl/N-ethyl adjacent to an activating group) is 1. The van der Waals surface area contributed by atoms with Gasteiger partial charge in [0, 0.05) is 17.6 Å². The van der Waals surface area contributed by atoms with Crippen LogP contribution in [0.5, 0.6) is 0 Å². The monoisotopic (exact) mass is 718 g/mol. The molecule has 294 valence electrons. The van der Waals surface area contributed by atoms with Crippen LogP contribution in [-0.2, 0) is 33.4 Å². The number of hydrogen-bond acceptors (Lipinski definition) is 12. The third-order valence-electron chi connectivity index (χ3n) is 10.7. The van der Waals surface area contributed by atoms with Crippen molar-refractivity contribution in [2.45, 2.75) is 131 Å². The summed E-state index contributed by atoms with van der Waals surface area (Å²) < 4.78 is 16.6. The van der Waals surface area contributed by atoms with E-state index >= 15 is 0 Å². The number of carbonyl (C=O) groups excluding carboxylic acids is 3. The van der Waals surface area contributed by atoms with E-state index in [0.29, 0.717) is 25.7 Å². The van der Waals surface area contributed by atoms with E-state index in [2.05, 4.69) is 24.1 Å². The molecule has 0 bridgehead atoms. The Morgan fingerprint density at radius 3 is 1.42 bits per heavy atom. The average Bonchev–Trinajstić information content (AvgIpc) is 3.00. The molecule has 0 saturated carbocycles. The molecule has 13 nitrogen and oxygen atoms in total. The minimum atomic E-state index is -1.29. The molecule has 6 unspecified atom stereocenters. The van der Waals surface area contributed by atoms with Crippen LogP contribution in [-0.4, -0.2) is 134 Å². The first-order valence-corrected chi connectivity index (χ1v) is 17.7. The van der Waals surface area contributed by atoms with Crippen molar-refractivity contribution in [2.75, 3.05) is 61.6 Å². The van der Waals surface area contributed by atoms with Gasteiger partial charge in [-0.2, -0.15) is 0 Å². The van der Waals surface area contributed by atoms with Gasteiger partial charge in [0.05, 0.1) is 21.7 Å². The Labute approximate surface area is 301 Å². The molecule has 6 atom stereocenters. The summed E-state index contributed by atoms with van der Waals surface area (Å²) in [6.45, 7) is 17.4. The van der Waals surface area contributed by atoms with Gasteiger partial charge in [0.15, 0.2) is 0 Å². The second kappa shape index (κ2) is 19.0. The van der Waals surface area contributed by atoms with Crippen LogP contribution in [0.3, 0.4) is 0 Å². The number of carboxylic acid groups (broad SMARTS) is 1. The van der Waals surface area contributed by atoms with Crippen molar-refractivity contribution in [3.05, 3.63) is 0 Å². The Balaban J connectivity index is 5.93. The molecule has 0 aromatic rings. The maximum Gasteiger partial charge on any atom is 0.312 e. The maximum atomic E-state index is 13.9. The lowest BCUT2D eigenvalue weighted by molar-refractivity contribution is -0.167. The van der Waals surface area contributed by atoms with E-state index in [0.717, 1.165) is 6.42 Å². The lowest BCUT2D eigenvalue weighted by Gasteiger charge is -2.48. The van der Waals surface area contributed by atoms with E-state index in [4.69, 9.17) is 14.2 Å². The van der Waals surface area contributed by atoms with Crippen molar-refractivity contribution in [2.24, 2.45) is 21.7 Å². The van der Waals surface area contributed by atoms with Gasteiger partial charge >= 0.3 is 23.9 Å². The van der Waals surface area contributed by atoms with Crippen molar-refractivity contribution in [1.29, 1.82) is 0 Å². The highest BCUT2D eigenvalue weighted by Gasteiger charge is 2.50. The molecular weight excluding hydrogens is 646 g/mol. The predicted molar refractivity (Wildman–Crippen MR) is 193 cm³/mol. The Morgan fingerprint density at radius 2 is 1.02 bits per heavy atom. The summed E-state index contributed by atoms with van der Waals surface area (Å²) in [4.78, 5) is 56.0. The number of hydrogen-bond donors (Lipinski definition) is 4. The van der Waals surface area contributed by atoms with Crippen LogP contribution in [0, 0.1) is 21.7 Å². The average molecular weight is 718 g/mol. The molecule has 0 aliphatic rings. The van der Waals surface area contributed by atoms with Gasteiger partial charge in [-0.3, -0.25) is 19.2 Å². The maximum absolute atomic E-state index is 13.9. The molecule has 4 N–H and O–H groups in total. The number of aliphatic hydroxyl groups is 2. The topological polar surface area (TPSA) is 175 Å². The number of aliphatic carboxylic acids is 1. The molecule has 50 heavy (non-hydrogen) atoms. The van der Waals surface area contributed by atoms with E-state index < -0.39 is 76.5 Å². The fraction of sp³-hybridized carbons (Fsp3) is 0.892. The van der Waals surface area contributed by atoms with Gasteiger partial charge in [-0.25, -0.2) is 0 Å². The SMILES string of the molecule is CCC(C)(CC(C)(C)C(=O)O)C(=O)OCC(O)COC(=O)C(C)(C)CC(C)(CC(C)(CC(C)(CC)N(C)C)C(=O)OCC(O)CNC)N(C)C. The summed E-state index contributed by atoms with van der Waals surface area (Å²) >= 11 is 0. The van der Waals surface area contributed by atoms with E-state index in [1.54, 1.807) is 48.6 Å². The van der Waals surface area contributed by atoms with Crippen molar-refractivity contribution < 1.29 is 48.7 Å². The zero-order valence-electron chi connectivity index (χ0n) is 33.8. The first kappa shape index (κ1) is 47.7. The Bertz CT molecular complexity index is 1130. The molecule has 0 aromatic carbocycles. The third-order valence-corrected chi connectivity index (χ3v) is 10.7. The van der Waals surface area contributed by atoms with Gasteiger partial charge in [-0.15, -0.1) is 0 Å². The fourth-order valence-electron chi connectivity index (χ4n) is 6.68. The minimum absolute atomic E-state index is 0.0521. The van der Waals surface area contributed by atoms with Gasteiger partial charge < -0.3 is 44.6 Å². The highest BCUT2D eigenvalue weighted by atomic mass is 16.6. The van der Waals surface area contributed by atoms with E-state index in [1.807, 2.05) is 46.9 Å². The smallest absolute Gasteiger partial charge is 0.312 e. The zero-order chi connectivity index (χ0) is 39.5. The van der Waals surface area contributed by atoms with Gasteiger partial charge in [0.2, 0.25) is 0 Å². The lowest BCUT2D eigenvalue weighted by Crippen LogP contribution is -2.54. The van der Waals surface area contributed by atoms with E-state index in [-0.39, 0.29) is 25.1 Å². The number of rotatable bonds is 24. The summed E-state index contributed by atoms with van der Waals surface area (Å²) in [6.07, 6.45) is 0.119. The van der Waals surface area contributed by atoms with Crippen LogP contribution in [0.4, 0.5) is 0 Å². The van der Waals surface area contributed by atoms with Crippen molar-refractivity contribution in [1.82, 2.24) is 15.1 Å². The molecule has 0 amide bonds. The quantitative estimate of drug-likeness (QED) is 0.0841. The number of carbonyl (C=O) groups is 4. The van der Waals surface area contributed by atoms with E-state index in [9.17, 15) is 34.5 Å². The van der Waals surface area contributed by atoms with Gasteiger partial charge in [0.25, 0.3) is 0 Å². The van der Waals surface area contributed by atoms with E-state index in [1.165, 1.54) is 0 Å². The first-order valence-electron chi connectivity index (χ1n) is 17.7. The molecule has 0 aliphatic heterocycles. The number of nitrogens with zero attached hydrogens (tertiary/aromatic N) is 2. The summed E-state index contributed by atoms with van der Waals surface area (Å²) in [5.41, 5.74) is -5.34. The molecule has 0 rings (SSSR count). The molecule has 0 radical (unpaired) electrons. The van der Waals surface area contributed by atoms with Crippen LogP contribution < -0.4 is 5.32 Å². The van der Waals surface area contributed by atoms with Gasteiger partial charge in [-0.1, -0.05) is 13.8 Å². The summed E-state index contributed by atoms with van der Waals surface area (Å²) in [6, 6.07) is 0. The molecule has 0 fully saturated rings. The summed E-state index contributed by atoms with van der Waals surface area (Å²) in [7, 11) is 9.46. The van der Waals surface area contributed by atoms with Crippen LogP contribution in [0.25, 0.3) is 0 Å². The minimum Gasteiger partial charge on any atom is -0.481 e. The van der Waals surface area contributed by atoms with Crippen LogP contribution in [0.15, 0.2) is 0 Å². The zero-order valence-corrected chi connectivity index (χ0v) is 33.8. The van der Waals surface area contributed by atoms with Crippen molar-refractivity contribution in [3.63, 3.8) is 0 Å². The Morgan fingerprint density at radius 1 is 0.600 bits per heavy atom. The largest absolute Gasteiger partial charge is 0.481 e. The molecule has 0 aromatic heterocycles. The summed E-state index contributed by atoms with van der Waals surface area (Å²) in [5, 5.41) is 33.2. The normalized spacial score (nSPS) is 18.6. The third kappa shape index (κ3) is 13.7. The standard InChI is InChI=1S/C37H71N3O10/c1-16-34(7,22-32(3,4)28(43)44)30(46)50-21-27(42)20-48-29(45)33(5,6)23-37(10,40(14)15)25-35(8,24-36(9,17-2)39(12)13)31(47)49-19-26(41)18-38-11/h26-27,38,41-42H,16-25H2,1-15H3,(H,43,44). The highest BCUT2D eigenvalue weighted by Crippen LogP contribution is 2.45. The number of aliphatic hydroxyl groups excluding tert-OH is 2. The molecule has 0 aliphatic carbocycles. The fourth-order valence-corrected chi connectivity index (χ4v) is 6.68. The highest BCUT2D eigenvalue weighted by molar-refractivity contribution is 5.80. The van der Waals surface area contributed by atoms with Crippen LogP contribution >= 0.6 is 0 Å². The second-order valence-corrected chi connectivity index (χ2v) is 17.1. The number of carboxylic acids is 1. The lowest BCUT2D eigenvalue weighted by atomic mass is 9.66. The van der Waals surface area contributed by atoms with Crippen molar-refractivity contribution in [3.8, 4) is 0 Å². The molecule has 13 heteroatoms. The number of nitrogens with one attached hydrogen (secondary N) is 1. The van der Waals surface area contributed by atoms with Crippen molar-refractivity contribution >= 4 is 23.9 Å². The number of ether oxygens (including phenoxy) is 3. The van der Waals surface area contributed by atoms with Crippen LogP contribution in [0.1, 0.15) is 108 Å². The Hall–Kier alpha value is -2.32. The molecule has 0 saturated heterocycles. The second-order valence-electron chi connectivity index (χ2n) is 17.1. The van der Waals surface area contributed by atoms with Crippen LogP contribution in [0.2, 0.25) is 0 Å². The Kier molecular flexibility index (Phi) is 18.1. The van der Waals surface area contributed by atoms with Gasteiger partial charge in [0.1, 0.15) is 32.0 Å². The number of esters is 3. The molecular formula is C37H71N3O10.